The molecule has 1 aliphatic heterocycles. The third-order valence-electron chi connectivity index (χ3n) is 12.3. The standard InChI is InChI=1S/C52H62N12O10S/c1-35(2)43-31-44(47(66)32-46(43)65)50-57-58-52(69)63(50)40-12-15-42(16-13-40)74-25-5-19-53-49(68)34-54-48(67)18-26-72-28-29-73-27-24-61-20-22-62(23-21-61)39-10-8-37(9-11-39)56-51-55-33-41-14-17-45(64(41)59-51)36-6-4-7-38(30-36)60-75(3,70)71/h4,6-17,30-33,35,60,65-66H,5,18-29,34H2,1-3H3,(H,53,68)(H,54,67)(H,56,59)(H,58,69). The van der Waals surface area contributed by atoms with Gasteiger partial charge in [0.05, 0.1) is 74.5 Å². The molecule has 23 heteroatoms. The van der Waals surface area contributed by atoms with E-state index in [0.29, 0.717) is 73.6 Å². The number of benzene rings is 4. The van der Waals surface area contributed by atoms with Gasteiger partial charge in [-0.25, -0.2) is 32.4 Å². The Bertz CT molecular complexity index is 3230. The smallest absolute Gasteiger partial charge is 0.348 e. The molecule has 0 spiro atoms. The molecule has 7 aromatic rings. The second-order valence-corrected chi connectivity index (χ2v) is 19.9. The first-order chi connectivity index (χ1) is 36.2. The average Bonchev–Trinajstić information content (AvgIpc) is 3.99. The third-order valence-corrected chi connectivity index (χ3v) is 12.9. The van der Waals surface area contributed by atoms with Gasteiger partial charge in [-0.2, -0.15) is 5.10 Å². The monoisotopic (exact) mass is 1050 g/mol. The van der Waals surface area contributed by atoms with Crippen LogP contribution < -0.4 is 36.0 Å². The number of carbonyl (C=O) groups is 2. The number of hydrogen-bond donors (Lipinski definition) is 7. The summed E-state index contributed by atoms with van der Waals surface area (Å²) >= 11 is 0. The van der Waals surface area contributed by atoms with Gasteiger partial charge in [0.25, 0.3) is 0 Å². The summed E-state index contributed by atoms with van der Waals surface area (Å²) in [4.78, 5) is 46.5. The second-order valence-electron chi connectivity index (χ2n) is 18.2. The molecule has 0 unspecified atom stereocenters. The lowest BCUT2D eigenvalue weighted by atomic mass is 9.98. The molecule has 8 rings (SSSR count). The van der Waals surface area contributed by atoms with Crippen molar-refractivity contribution in [2.24, 2.45) is 0 Å². The number of amides is 2. The Kier molecular flexibility index (Phi) is 17.6. The van der Waals surface area contributed by atoms with E-state index in [1.165, 1.54) is 10.6 Å². The molecule has 4 aromatic carbocycles. The zero-order chi connectivity index (χ0) is 52.9. The van der Waals surface area contributed by atoms with E-state index >= 15 is 0 Å². The van der Waals surface area contributed by atoms with E-state index in [0.717, 1.165) is 67.1 Å². The molecule has 0 aliphatic carbocycles. The summed E-state index contributed by atoms with van der Waals surface area (Å²) in [5, 5.41) is 40.8. The fourth-order valence-corrected chi connectivity index (χ4v) is 8.95. The SMILES string of the molecule is CC(C)c1cc(-c2n[nH]c(=O)n2-c2ccc(OCCCNC(=O)CNC(=O)CCOCCOCCN3CCN(c4ccc(Nc5ncc6ccc(-c7cccc(NS(C)(=O)=O)c7)n6n5)cc4)CC3)cc2)c(O)cc1O. The van der Waals surface area contributed by atoms with Gasteiger partial charge >= 0.3 is 5.69 Å². The van der Waals surface area contributed by atoms with Crippen LogP contribution in [0.1, 0.15) is 38.2 Å². The van der Waals surface area contributed by atoms with Crippen molar-refractivity contribution in [1.29, 1.82) is 0 Å². The Morgan fingerprint density at radius 3 is 2.29 bits per heavy atom. The fourth-order valence-electron chi connectivity index (χ4n) is 8.39. The van der Waals surface area contributed by atoms with Gasteiger partial charge in [-0.15, -0.1) is 5.10 Å². The van der Waals surface area contributed by atoms with Gasteiger partial charge in [-0.3, -0.25) is 19.2 Å². The number of aromatic nitrogens is 6. The van der Waals surface area contributed by atoms with Crippen molar-refractivity contribution in [2.45, 2.75) is 32.6 Å². The van der Waals surface area contributed by atoms with Crippen LogP contribution in [-0.4, -0.2) is 150 Å². The number of sulfonamides is 1. The minimum absolute atomic E-state index is 0.0311. The number of nitrogens with zero attached hydrogens (tertiary/aromatic N) is 7. The maximum Gasteiger partial charge on any atom is 0.348 e. The number of nitrogens with one attached hydrogen (secondary N) is 5. The molecule has 4 heterocycles. The van der Waals surface area contributed by atoms with Crippen LogP contribution in [-0.2, 0) is 29.1 Å². The molecule has 1 saturated heterocycles. The van der Waals surface area contributed by atoms with Crippen molar-refractivity contribution in [1.82, 2.24) is 44.9 Å². The lowest BCUT2D eigenvalue weighted by Crippen LogP contribution is -2.47. The average molecular weight is 1050 g/mol. The van der Waals surface area contributed by atoms with Crippen molar-refractivity contribution < 1.29 is 42.4 Å². The van der Waals surface area contributed by atoms with E-state index in [1.807, 2.05) is 44.2 Å². The highest BCUT2D eigenvalue weighted by atomic mass is 32.2. The summed E-state index contributed by atoms with van der Waals surface area (Å²) in [6, 6.07) is 28.8. The van der Waals surface area contributed by atoms with Crippen LogP contribution in [0.5, 0.6) is 17.2 Å². The molecule has 75 heavy (non-hydrogen) atoms. The third kappa shape index (κ3) is 14.6. The molecule has 0 saturated carbocycles. The van der Waals surface area contributed by atoms with Crippen molar-refractivity contribution in [3.05, 3.63) is 119 Å². The van der Waals surface area contributed by atoms with Crippen LogP contribution >= 0.6 is 0 Å². The van der Waals surface area contributed by atoms with Crippen molar-refractivity contribution in [3.8, 4) is 45.6 Å². The Morgan fingerprint density at radius 1 is 0.800 bits per heavy atom. The van der Waals surface area contributed by atoms with Gasteiger partial charge < -0.3 is 45.3 Å². The summed E-state index contributed by atoms with van der Waals surface area (Å²) in [7, 11) is -3.42. The van der Waals surface area contributed by atoms with Gasteiger partial charge in [-0.05, 0) is 96.8 Å². The number of carbonyl (C=O) groups excluding carboxylic acids is 2. The first-order valence-corrected chi connectivity index (χ1v) is 26.5. The summed E-state index contributed by atoms with van der Waals surface area (Å²) < 4.78 is 46.3. The summed E-state index contributed by atoms with van der Waals surface area (Å²) in [5.41, 5.74) is 5.71. The number of phenolic OH excluding ortho intramolecular Hbond substituents is 2. The topological polar surface area (TPSA) is 272 Å². The molecule has 0 radical (unpaired) electrons. The quantitative estimate of drug-likeness (QED) is 0.0378. The first-order valence-electron chi connectivity index (χ1n) is 24.6. The summed E-state index contributed by atoms with van der Waals surface area (Å²) in [6.45, 7) is 10.2. The zero-order valence-electron chi connectivity index (χ0n) is 42.0. The van der Waals surface area contributed by atoms with Crippen molar-refractivity contribution >= 4 is 50.4 Å². The summed E-state index contributed by atoms with van der Waals surface area (Å²) in [6.07, 6.45) is 3.48. The highest BCUT2D eigenvalue weighted by Crippen LogP contribution is 2.37. The fraction of sp³-hybridized carbons (Fsp3) is 0.346. The predicted octanol–water partition coefficient (Wildman–Crippen LogP) is 4.83. The van der Waals surface area contributed by atoms with Crippen LogP contribution in [0.3, 0.4) is 0 Å². The van der Waals surface area contributed by atoms with E-state index in [2.05, 4.69) is 57.8 Å². The minimum atomic E-state index is -3.42. The number of ether oxygens (including phenoxy) is 3. The maximum atomic E-state index is 12.7. The predicted molar refractivity (Wildman–Crippen MR) is 285 cm³/mol. The summed E-state index contributed by atoms with van der Waals surface area (Å²) in [5.74, 6) is 0.252. The highest BCUT2D eigenvalue weighted by molar-refractivity contribution is 7.92. The molecular weight excluding hydrogens is 985 g/mol. The van der Waals surface area contributed by atoms with E-state index in [9.17, 15) is 33.0 Å². The normalized spacial score (nSPS) is 13.0. The molecular formula is C52H62N12O10S. The van der Waals surface area contributed by atoms with Gasteiger partial charge in [-0.1, -0.05) is 26.0 Å². The lowest BCUT2D eigenvalue weighted by molar-refractivity contribution is -0.126. The zero-order valence-corrected chi connectivity index (χ0v) is 42.8. The molecule has 22 nitrogen and oxygen atoms in total. The van der Waals surface area contributed by atoms with Crippen LogP contribution in [0.4, 0.5) is 23.0 Å². The Labute approximate surface area is 433 Å². The second kappa shape index (κ2) is 24.8. The van der Waals surface area contributed by atoms with E-state index in [1.54, 1.807) is 59.2 Å². The first kappa shape index (κ1) is 53.3. The van der Waals surface area contributed by atoms with Crippen LogP contribution in [0, 0.1) is 0 Å². The van der Waals surface area contributed by atoms with E-state index < -0.39 is 15.7 Å². The van der Waals surface area contributed by atoms with Gasteiger partial charge in [0.1, 0.15) is 17.2 Å². The molecule has 0 bridgehead atoms. The maximum absolute atomic E-state index is 12.7. The van der Waals surface area contributed by atoms with Gasteiger partial charge in [0, 0.05) is 74.4 Å². The molecule has 7 N–H and O–H groups in total. The number of hydrogen-bond acceptors (Lipinski definition) is 16. The molecule has 1 aliphatic rings. The number of anilines is 4. The van der Waals surface area contributed by atoms with Crippen molar-refractivity contribution in [2.75, 3.05) is 100 Å². The van der Waals surface area contributed by atoms with Crippen LogP contribution in [0.15, 0.2) is 108 Å². The number of aromatic hydroxyl groups is 2. The Balaban J connectivity index is 0.642. The Morgan fingerprint density at radius 2 is 1.55 bits per heavy atom. The largest absolute Gasteiger partial charge is 0.508 e. The minimum Gasteiger partial charge on any atom is -0.508 e. The lowest BCUT2D eigenvalue weighted by Gasteiger charge is -2.36. The molecule has 2 amide bonds. The van der Waals surface area contributed by atoms with Crippen LogP contribution in [0.2, 0.25) is 0 Å². The molecule has 396 valence electrons. The van der Waals surface area contributed by atoms with Gasteiger partial charge in [0.15, 0.2) is 5.82 Å². The van der Waals surface area contributed by atoms with E-state index in [-0.39, 0.29) is 54.6 Å². The van der Waals surface area contributed by atoms with Crippen molar-refractivity contribution in [3.63, 3.8) is 0 Å². The number of aromatic amines is 1. The molecule has 1 fully saturated rings. The highest BCUT2D eigenvalue weighted by Gasteiger charge is 2.21. The number of piperazine rings is 1. The van der Waals surface area contributed by atoms with E-state index in [4.69, 9.17) is 19.3 Å². The Hall–Kier alpha value is -7.99. The van der Waals surface area contributed by atoms with Gasteiger partial charge in [0.2, 0.25) is 27.8 Å². The van der Waals surface area contributed by atoms with Crippen LogP contribution in [0.25, 0.3) is 33.8 Å². The number of H-pyrrole nitrogens is 1. The number of rotatable bonds is 25. The number of phenols is 2. The molecule has 3 aromatic heterocycles. The molecule has 0 atom stereocenters. The number of fused-ring (bicyclic) bond motifs is 1.